The minimum absolute atomic E-state index is 0.259. The summed E-state index contributed by atoms with van der Waals surface area (Å²) in [5.74, 6) is -1.44. The van der Waals surface area contributed by atoms with Crippen molar-refractivity contribution in [2.45, 2.75) is 22.8 Å². The summed E-state index contributed by atoms with van der Waals surface area (Å²) in [4.78, 5) is 36.8. The topological polar surface area (TPSA) is 108 Å². The number of hydrogen-bond donors (Lipinski definition) is 2. The van der Waals surface area contributed by atoms with E-state index in [1.807, 2.05) is 5.32 Å². The largest absolute Gasteiger partial charge is 0.449 e. The average molecular weight is 383 g/mol. The number of esters is 1. The van der Waals surface area contributed by atoms with Gasteiger partial charge in [0.05, 0.1) is 11.1 Å². The van der Waals surface area contributed by atoms with Crippen molar-refractivity contribution < 1.29 is 19.1 Å². The number of amides is 3. The Morgan fingerprint density at radius 3 is 2.37 bits per heavy atom. The molecule has 8 heteroatoms. The van der Waals surface area contributed by atoms with Gasteiger partial charge in [-0.15, -0.1) is 0 Å². The highest BCUT2D eigenvalue weighted by Gasteiger charge is 2.22. The van der Waals surface area contributed by atoms with Crippen LogP contribution in [0.3, 0.4) is 0 Å². The number of urea groups is 1. The van der Waals surface area contributed by atoms with Crippen LogP contribution in [0.2, 0.25) is 0 Å². The first-order chi connectivity index (χ1) is 13.0. The van der Waals surface area contributed by atoms with Crippen molar-refractivity contribution in [3.63, 3.8) is 0 Å². The van der Waals surface area contributed by atoms with E-state index in [1.165, 1.54) is 25.7 Å². The summed E-state index contributed by atoms with van der Waals surface area (Å²) in [6, 6.07) is 15.2. The number of nitriles is 1. The lowest BCUT2D eigenvalue weighted by Gasteiger charge is -2.14. The summed E-state index contributed by atoms with van der Waals surface area (Å²) in [6.07, 6.45) is -1.15. The zero-order chi connectivity index (χ0) is 19.8. The van der Waals surface area contributed by atoms with Crippen LogP contribution < -0.4 is 10.6 Å². The van der Waals surface area contributed by atoms with Crippen LogP contribution in [-0.2, 0) is 9.53 Å². The van der Waals surface area contributed by atoms with Crippen LogP contribution in [-0.4, -0.2) is 31.1 Å². The zero-order valence-corrected chi connectivity index (χ0v) is 15.5. The number of hydrogen-bond acceptors (Lipinski definition) is 6. The first-order valence-electron chi connectivity index (χ1n) is 7.95. The van der Waals surface area contributed by atoms with Crippen molar-refractivity contribution in [1.29, 1.82) is 5.26 Å². The van der Waals surface area contributed by atoms with E-state index in [4.69, 9.17) is 4.74 Å². The van der Waals surface area contributed by atoms with Gasteiger partial charge in [0.1, 0.15) is 6.07 Å². The molecule has 7 nitrogen and oxygen atoms in total. The minimum Gasteiger partial charge on any atom is -0.449 e. The highest BCUT2D eigenvalue weighted by Crippen LogP contribution is 2.33. The molecule has 0 saturated carbocycles. The van der Waals surface area contributed by atoms with E-state index < -0.39 is 24.0 Å². The molecular weight excluding hydrogens is 366 g/mol. The van der Waals surface area contributed by atoms with E-state index in [-0.39, 0.29) is 5.56 Å². The Hall–Kier alpha value is -3.31. The molecule has 0 aliphatic rings. The molecule has 1 atom stereocenters. The lowest BCUT2D eigenvalue weighted by molar-refractivity contribution is -0.127. The summed E-state index contributed by atoms with van der Waals surface area (Å²) in [5, 5.41) is 13.5. The van der Waals surface area contributed by atoms with Crippen molar-refractivity contribution >= 4 is 29.7 Å². The van der Waals surface area contributed by atoms with E-state index in [1.54, 1.807) is 48.5 Å². The van der Waals surface area contributed by atoms with Crippen LogP contribution in [0.25, 0.3) is 0 Å². The van der Waals surface area contributed by atoms with Crippen LogP contribution in [0, 0.1) is 11.3 Å². The van der Waals surface area contributed by atoms with Gasteiger partial charge < -0.3 is 10.1 Å². The fourth-order valence-corrected chi connectivity index (χ4v) is 3.06. The maximum absolute atomic E-state index is 12.5. The fourth-order valence-electron chi connectivity index (χ4n) is 2.04. The van der Waals surface area contributed by atoms with Crippen molar-refractivity contribution in [2.75, 3.05) is 7.05 Å². The summed E-state index contributed by atoms with van der Waals surface area (Å²) in [7, 11) is 1.37. The predicted octanol–water partition coefficient (Wildman–Crippen LogP) is 2.71. The minimum atomic E-state index is -1.15. The SMILES string of the molecule is CNC(=O)NC(=O)[C@@H](C)OC(=O)c1ccccc1Sc1ccccc1C#N. The molecule has 0 radical (unpaired) electrons. The number of nitrogens with one attached hydrogen (secondary N) is 2. The molecular formula is C19H17N3O4S. The Morgan fingerprint density at radius 1 is 1.07 bits per heavy atom. The number of carbonyl (C=O) groups excluding carboxylic acids is 3. The summed E-state index contributed by atoms with van der Waals surface area (Å²) >= 11 is 1.26. The Bertz CT molecular complexity index is 908. The lowest BCUT2D eigenvalue weighted by atomic mass is 10.2. The molecule has 0 spiro atoms. The van der Waals surface area contributed by atoms with Gasteiger partial charge in [-0.2, -0.15) is 5.26 Å². The third kappa shape index (κ3) is 5.33. The Balaban J connectivity index is 2.17. The molecule has 0 aromatic heterocycles. The highest BCUT2D eigenvalue weighted by molar-refractivity contribution is 7.99. The predicted molar refractivity (Wildman–Crippen MR) is 99.2 cm³/mol. The molecule has 0 aliphatic carbocycles. The fraction of sp³-hybridized carbons (Fsp3) is 0.158. The molecule has 0 unspecified atom stereocenters. The van der Waals surface area contributed by atoms with Gasteiger partial charge in [0, 0.05) is 16.8 Å². The normalized spacial score (nSPS) is 11.0. The Labute approximate surface area is 160 Å². The molecule has 0 aliphatic heterocycles. The highest BCUT2D eigenvalue weighted by atomic mass is 32.2. The molecule has 2 N–H and O–H groups in total. The lowest BCUT2D eigenvalue weighted by Crippen LogP contribution is -2.43. The van der Waals surface area contributed by atoms with E-state index >= 15 is 0 Å². The van der Waals surface area contributed by atoms with Crippen molar-refractivity contribution in [1.82, 2.24) is 10.6 Å². The summed E-state index contributed by atoms with van der Waals surface area (Å²) < 4.78 is 5.17. The standard InChI is InChI=1S/C19H17N3O4S/c1-12(17(23)22-19(25)21-2)26-18(24)14-8-4-6-10-16(14)27-15-9-5-3-7-13(15)11-20/h3-10,12H,1-2H3,(H2,21,22,23,25)/t12-/m1/s1. The zero-order valence-electron chi connectivity index (χ0n) is 14.7. The third-order valence-electron chi connectivity index (χ3n) is 3.45. The molecule has 0 bridgehead atoms. The number of carbonyl (C=O) groups is 3. The van der Waals surface area contributed by atoms with Gasteiger partial charge in [-0.25, -0.2) is 9.59 Å². The maximum Gasteiger partial charge on any atom is 0.340 e. The Morgan fingerprint density at radius 2 is 1.70 bits per heavy atom. The average Bonchev–Trinajstić information content (AvgIpc) is 2.68. The van der Waals surface area contributed by atoms with E-state index in [9.17, 15) is 19.6 Å². The van der Waals surface area contributed by atoms with Gasteiger partial charge in [0.15, 0.2) is 6.10 Å². The summed E-state index contributed by atoms with van der Waals surface area (Å²) in [6.45, 7) is 1.37. The maximum atomic E-state index is 12.5. The van der Waals surface area contributed by atoms with Crippen LogP contribution >= 0.6 is 11.8 Å². The monoisotopic (exact) mass is 383 g/mol. The van der Waals surface area contributed by atoms with Crippen LogP contribution in [0.15, 0.2) is 58.3 Å². The van der Waals surface area contributed by atoms with Gasteiger partial charge in [0.2, 0.25) is 0 Å². The van der Waals surface area contributed by atoms with Crippen LogP contribution in [0.1, 0.15) is 22.8 Å². The molecule has 27 heavy (non-hydrogen) atoms. The first kappa shape index (κ1) is 20.0. The molecule has 0 heterocycles. The Kier molecular flexibility index (Phi) is 6.97. The number of rotatable bonds is 5. The van der Waals surface area contributed by atoms with Gasteiger partial charge in [-0.1, -0.05) is 36.0 Å². The van der Waals surface area contributed by atoms with Gasteiger partial charge in [-0.3, -0.25) is 10.1 Å². The van der Waals surface area contributed by atoms with Crippen LogP contribution in [0.4, 0.5) is 4.79 Å². The number of ether oxygens (including phenoxy) is 1. The van der Waals surface area contributed by atoms with Gasteiger partial charge >= 0.3 is 12.0 Å². The van der Waals surface area contributed by atoms with Gasteiger partial charge in [-0.05, 0) is 31.2 Å². The van der Waals surface area contributed by atoms with E-state index in [2.05, 4.69) is 11.4 Å². The molecule has 2 aromatic rings. The second-order valence-electron chi connectivity index (χ2n) is 5.32. The van der Waals surface area contributed by atoms with Gasteiger partial charge in [0.25, 0.3) is 5.91 Å². The van der Waals surface area contributed by atoms with E-state index in [0.29, 0.717) is 15.4 Å². The molecule has 2 aromatic carbocycles. The second kappa shape index (κ2) is 9.40. The molecule has 2 rings (SSSR count). The number of benzene rings is 2. The molecule has 0 saturated heterocycles. The van der Waals surface area contributed by atoms with E-state index in [0.717, 1.165) is 0 Å². The van der Waals surface area contributed by atoms with Crippen LogP contribution in [0.5, 0.6) is 0 Å². The van der Waals surface area contributed by atoms with Crippen molar-refractivity contribution in [3.8, 4) is 6.07 Å². The summed E-state index contributed by atoms with van der Waals surface area (Å²) in [5.41, 5.74) is 0.749. The second-order valence-corrected chi connectivity index (χ2v) is 6.41. The van der Waals surface area contributed by atoms with Crippen molar-refractivity contribution in [3.05, 3.63) is 59.7 Å². The molecule has 138 valence electrons. The quantitative estimate of drug-likeness (QED) is 0.769. The number of nitrogens with zero attached hydrogens (tertiary/aromatic N) is 1. The first-order valence-corrected chi connectivity index (χ1v) is 8.77. The third-order valence-corrected chi connectivity index (χ3v) is 4.60. The van der Waals surface area contributed by atoms with Crippen molar-refractivity contribution in [2.24, 2.45) is 0 Å². The smallest absolute Gasteiger partial charge is 0.340 e. The molecule has 3 amide bonds. The number of imide groups is 1. The molecule has 0 fully saturated rings.